The van der Waals surface area contributed by atoms with Crippen molar-refractivity contribution in [2.45, 2.75) is 26.9 Å². The van der Waals surface area contributed by atoms with Crippen molar-refractivity contribution in [3.8, 4) is 0 Å². The Morgan fingerprint density at radius 3 is 2.00 bits per heavy atom. The third-order valence-electron chi connectivity index (χ3n) is 6.89. The average Bonchev–Trinajstić information content (AvgIpc) is 2.87. The molecule has 1 aliphatic heterocycles. The van der Waals surface area contributed by atoms with Gasteiger partial charge in [-0.05, 0) is 67.4 Å². The van der Waals surface area contributed by atoms with Gasteiger partial charge in [0.15, 0.2) is 0 Å². The summed E-state index contributed by atoms with van der Waals surface area (Å²) in [6.07, 6.45) is 1.22. The fourth-order valence-electron chi connectivity index (χ4n) is 4.66. The normalized spacial score (nSPS) is 14.4. The third kappa shape index (κ3) is 6.70. The molecule has 0 saturated carbocycles. The molecule has 1 aliphatic rings. The number of carbonyl (C=O) groups is 1. The van der Waals surface area contributed by atoms with E-state index in [1.165, 1.54) is 16.2 Å². The smallest absolute Gasteiger partial charge is 0.251 e. The average molecular weight is 521 g/mol. The molecule has 37 heavy (non-hydrogen) atoms. The zero-order chi connectivity index (χ0) is 26.6. The van der Waals surface area contributed by atoms with Gasteiger partial charge >= 0.3 is 0 Å². The van der Waals surface area contributed by atoms with Gasteiger partial charge in [-0.3, -0.25) is 9.10 Å². The van der Waals surface area contributed by atoms with Crippen LogP contribution in [0.1, 0.15) is 32.6 Å². The lowest BCUT2D eigenvalue weighted by molar-refractivity contribution is 0.0951. The fourth-order valence-corrected chi connectivity index (χ4v) is 5.67. The van der Waals surface area contributed by atoms with Crippen LogP contribution in [-0.2, 0) is 23.1 Å². The first kappa shape index (κ1) is 26.7. The molecule has 196 valence electrons. The summed E-state index contributed by atoms with van der Waals surface area (Å²) in [6, 6.07) is 21.2. The molecule has 1 heterocycles. The minimum absolute atomic E-state index is 0.163. The summed E-state index contributed by atoms with van der Waals surface area (Å²) in [5.74, 6) is -0.163. The first-order chi connectivity index (χ1) is 17.6. The van der Waals surface area contributed by atoms with Crippen molar-refractivity contribution in [1.29, 1.82) is 0 Å². The van der Waals surface area contributed by atoms with E-state index in [4.69, 9.17) is 0 Å². The number of nitrogens with one attached hydrogen (secondary N) is 1. The Kier molecular flexibility index (Phi) is 8.19. The quantitative estimate of drug-likeness (QED) is 0.487. The van der Waals surface area contributed by atoms with Crippen LogP contribution in [0, 0.1) is 13.8 Å². The molecule has 1 saturated heterocycles. The van der Waals surface area contributed by atoms with Crippen LogP contribution in [0.25, 0.3) is 0 Å². The van der Waals surface area contributed by atoms with Crippen LogP contribution in [0.3, 0.4) is 0 Å². The van der Waals surface area contributed by atoms with Crippen LogP contribution in [0.4, 0.5) is 11.4 Å². The van der Waals surface area contributed by atoms with Crippen molar-refractivity contribution < 1.29 is 13.2 Å². The number of benzene rings is 3. The van der Waals surface area contributed by atoms with Gasteiger partial charge in [-0.25, -0.2) is 8.42 Å². The summed E-state index contributed by atoms with van der Waals surface area (Å²) >= 11 is 0. The summed E-state index contributed by atoms with van der Waals surface area (Å²) in [4.78, 5) is 17.5. The van der Waals surface area contributed by atoms with Gasteiger partial charge in [0, 0.05) is 44.0 Å². The van der Waals surface area contributed by atoms with E-state index in [1.807, 2.05) is 44.2 Å². The maximum atomic E-state index is 12.7. The molecular formula is C29H36N4O3S. The number of likely N-dealkylation sites (N-methyl/N-ethyl adjacent to an activating group) is 1. The van der Waals surface area contributed by atoms with Crippen molar-refractivity contribution >= 4 is 27.3 Å². The molecule has 0 aliphatic carbocycles. The van der Waals surface area contributed by atoms with E-state index in [9.17, 15) is 13.2 Å². The molecule has 1 fully saturated rings. The number of sulfonamides is 1. The lowest BCUT2D eigenvalue weighted by Gasteiger charge is -2.34. The second-order valence-electron chi connectivity index (χ2n) is 9.85. The minimum atomic E-state index is -3.49. The number of anilines is 2. The number of aryl methyl sites for hydroxylation is 2. The second kappa shape index (κ2) is 11.4. The van der Waals surface area contributed by atoms with Crippen molar-refractivity contribution in [3.63, 3.8) is 0 Å². The van der Waals surface area contributed by atoms with Crippen LogP contribution in [0.5, 0.6) is 0 Å². The second-order valence-corrected chi connectivity index (χ2v) is 11.8. The lowest BCUT2D eigenvalue weighted by Crippen LogP contribution is -2.44. The Bertz CT molecular complexity index is 1310. The van der Waals surface area contributed by atoms with Crippen molar-refractivity contribution in [2.75, 3.05) is 48.7 Å². The molecule has 4 rings (SSSR count). The van der Waals surface area contributed by atoms with Gasteiger partial charge < -0.3 is 15.1 Å². The zero-order valence-electron chi connectivity index (χ0n) is 22.1. The monoisotopic (exact) mass is 520 g/mol. The van der Waals surface area contributed by atoms with Crippen LogP contribution in [-0.4, -0.2) is 58.7 Å². The Labute approximate surface area is 220 Å². The molecule has 8 heteroatoms. The summed E-state index contributed by atoms with van der Waals surface area (Å²) in [6.45, 7) is 8.64. The SMILES string of the molecule is Cc1cccc(C)c1N(Cc1ccc(C(=O)NCc2ccc(N3CCN(C)CC3)cc2)cc1)S(C)(=O)=O. The molecule has 0 spiro atoms. The maximum Gasteiger partial charge on any atom is 0.251 e. The number of nitrogens with zero attached hydrogens (tertiary/aromatic N) is 3. The van der Waals surface area contributed by atoms with Crippen molar-refractivity contribution in [1.82, 2.24) is 10.2 Å². The first-order valence-corrected chi connectivity index (χ1v) is 14.4. The topological polar surface area (TPSA) is 73.0 Å². The molecule has 7 nitrogen and oxygen atoms in total. The number of carbonyl (C=O) groups excluding carboxylic acids is 1. The molecule has 3 aromatic carbocycles. The molecule has 0 radical (unpaired) electrons. The van der Waals surface area contributed by atoms with Gasteiger partial charge in [-0.15, -0.1) is 0 Å². The van der Waals surface area contributed by atoms with Crippen LogP contribution < -0.4 is 14.5 Å². The van der Waals surface area contributed by atoms with Gasteiger partial charge in [0.25, 0.3) is 5.91 Å². The van der Waals surface area contributed by atoms with E-state index in [2.05, 4.69) is 46.4 Å². The van der Waals surface area contributed by atoms with E-state index in [1.54, 1.807) is 12.1 Å². The molecular weight excluding hydrogens is 484 g/mol. The van der Waals surface area contributed by atoms with E-state index >= 15 is 0 Å². The van der Waals surface area contributed by atoms with Gasteiger partial charge in [0.1, 0.15) is 0 Å². The molecule has 1 N–H and O–H groups in total. The number of rotatable bonds is 8. The minimum Gasteiger partial charge on any atom is -0.369 e. The van der Waals surface area contributed by atoms with E-state index in [0.717, 1.165) is 48.4 Å². The van der Waals surface area contributed by atoms with Crippen molar-refractivity contribution in [2.24, 2.45) is 0 Å². The van der Waals surface area contributed by atoms with Gasteiger partial charge in [0.2, 0.25) is 10.0 Å². The maximum absolute atomic E-state index is 12.7. The van der Waals surface area contributed by atoms with E-state index in [-0.39, 0.29) is 12.5 Å². The number of amides is 1. The Hall–Kier alpha value is -3.36. The molecule has 0 bridgehead atoms. The number of para-hydroxylation sites is 1. The Morgan fingerprint density at radius 2 is 1.43 bits per heavy atom. The predicted molar refractivity (Wildman–Crippen MR) is 151 cm³/mol. The molecule has 0 unspecified atom stereocenters. The third-order valence-corrected chi connectivity index (χ3v) is 8.00. The van der Waals surface area contributed by atoms with Crippen LogP contribution in [0.15, 0.2) is 66.7 Å². The highest BCUT2D eigenvalue weighted by molar-refractivity contribution is 7.92. The Morgan fingerprint density at radius 1 is 0.865 bits per heavy atom. The summed E-state index contributed by atoms with van der Waals surface area (Å²) in [5, 5.41) is 2.98. The summed E-state index contributed by atoms with van der Waals surface area (Å²) in [7, 11) is -1.34. The lowest BCUT2D eigenvalue weighted by atomic mass is 10.1. The highest BCUT2D eigenvalue weighted by Gasteiger charge is 2.21. The van der Waals surface area contributed by atoms with Gasteiger partial charge in [-0.2, -0.15) is 0 Å². The summed E-state index contributed by atoms with van der Waals surface area (Å²) < 4.78 is 26.7. The van der Waals surface area contributed by atoms with Crippen LogP contribution >= 0.6 is 0 Å². The molecule has 0 aromatic heterocycles. The predicted octanol–water partition coefficient (Wildman–Crippen LogP) is 3.95. The Balaban J connectivity index is 1.37. The standard InChI is InChI=1S/C29H36N4O3S/c1-22-6-5-7-23(2)28(22)33(37(4,35)36)21-25-8-12-26(13-9-25)29(34)30-20-24-10-14-27(15-11-24)32-18-16-31(3)17-19-32/h5-15H,16-21H2,1-4H3,(H,30,34). The van der Waals surface area contributed by atoms with Gasteiger partial charge in [-0.1, -0.05) is 42.5 Å². The van der Waals surface area contributed by atoms with Crippen molar-refractivity contribution in [3.05, 3.63) is 94.5 Å². The molecule has 1 amide bonds. The highest BCUT2D eigenvalue weighted by Crippen LogP contribution is 2.28. The first-order valence-electron chi connectivity index (χ1n) is 12.6. The number of piperazine rings is 1. The van der Waals surface area contributed by atoms with E-state index < -0.39 is 10.0 Å². The fraction of sp³-hybridized carbons (Fsp3) is 0.345. The molecule has 3 aromatic rings. The van der Waals surface area contributed by atoms with E-state index in [0.29, 0.717) is 17.8 Å². The zero-order valence-corrected chi connectivity index (χ0v) is 22.9. The van der Waals surface area contributed by atoms with Crippen LogP contribution in [0.2, 0.25) is 0 Å². The largest absolute Gasteiger partial charge is 0.369 e. The number of hydrogen-bond acceptors (Lipinski definition) is 5. The highest BCUT2D eigenvalue weighted by atomic mass is 32.2. The van der Waals surface area contributed by atoms with Gasteiger partial charge in [0.05, 0.1) is 18.5 Å². The summed E-state index contributed by atoms with van der Waals surface area (Å²) in [5.41, 5.74) is 6.10. The number of hydrogen-bond donors (Lipinski definition) is 1. The molecule has 0 atom stereocenters.